The Morgan fingerprint density at radius 3 is 2.79 bits per heavy atom. The van der Waals surface area contributed by atoms with Crippen molar-refractivity contribution >= 4 is 23.1 Å². The summed E-state index contributed by atoms with van der Waals surface area (Å²) in [4.78, 5) is 6.75. The molecule has 4 nitrogen and oxygen atoms in total. The van der Waals surface area contributed by atoms with Gasteiger partial charge in [-0.05, 0) is 48.6 Å². The van der Waals surface area contributed by atoms with Crippen LogP contribution >= 0.6 is 11.6 Å². The number of aliphatic hydroxyl groups excluding tert-OH is 1. The van der Waals surface area contributed by atoms with Crippen LogP contribution in [-0.2, 0) is 6.54 Å². The third-order valence-electron chi connectivity index (χ3n) is 4.44. The summed E-state index contributed by atoms with van der Waals surface area (Å²) in [6, 6.07) is 8.29. The van der Waals surface area contributed by atoms with Gasteiger partial charge in [0.25, 0.3) is 0 Å². The summed E-state index contributed by atoms with van der Waals surface area (Å²) in [5, 5.41) is 13.0. The van der Waals surface area contributed by atoms with Crippen LogP contribution in [0.15, 0.2) is 36.5 Å². The van der Waals surface area contributed by atoms with Crippen molar-refractivity contribution in [2.75, 3.05) is 29.9 Å². The van der Waals surface area contributed by atoms with Gasteiger partial charge in [0.15, 0.2) is 5.82 Å². The number of hydrogen-bond acceptors (Lipinski definition) is 4. The number of aromatic nitrogens is 1. The highest BCUT2D eigenvalue weighted by molar-refractivity contribution is 6.31. The Morgan fingerprint density at radius 2 is 2.08 bits per heavy atom. The predicted molar refractivity (Wildman–Crippen MR) is 95.0 cm³/mol. The molecule has 1 aliphatic rings. The molecule has 1 saturated heterocycles. The molecule has 0 spiro atoms. The fourth-order valence-corrected chi connectivity index (χ4v) is 3.20. The van der Waals surface area contributed by atoms with Crippen molar-refractivity contribution in [3.8, 4) is 0 Å². The molecule has 3 rings (SSSR count). The first-order chi connectivity index (χ1) is 11.7. The second kappa shape index (κ2) is 7.81. The second-order valence-corrected chi connectivity index (χ2v) is 6.48. The van der Waals surface area contributed by atoms with E-state index in [-0.39, 0.29) is 12.4 Å². The fraction of sp³-hybridized carbons (Fsp3) is 0.389. The highest BCUT2D eigenvalue weighted by Gasteiger charge is 2.21. The molecule has 1 aromatic heterocycles. The zero-order chi connectivity index (χ0) is 16.9. The Balaban J connectivity index is 1.70. The Labute approximate surface area is 146 Å². The summed E-state index contributed by atoms with van der Waals surface area (Å²) in [7, 11) is 0. The van der Waals surface area contributed by atoms with Gasteiger partial charge in [-0.3, -0.25) is 0 Å². The molecule has 0 saturated carbocycles. The first-order valence-electron chi connectivity index (χ1n) is 8.16. The lowest BCUT2D eigenvalue weighted by Gasteiger charge is -2.33. The molecule has 0 bridgehead atoms. The van der Waals surface area contributed by atoms with E-state index < -0.39 is 0 Å². The molecule has 2 N–H and O–H groups in total. The van der Waals surface area contributed by atoms with Gasteiger partial charge in [0.1, 0.15) is 5.82 Å². The summed E-state index contributed by atoms with van der Waals surface area (Å²) in [6.45, 7) is 2.53. The first kappa shape index (κ1) is 17.0. The average Bonchev–Trinajstić information content (AvgIpc) is 2.61. The van der Waals surface area contributed by atoms with Crippen LogP contribution in [0.4, 0.5) is 15.9 Å². The SMILES string of the molecule is OCC1CCN(c2ncccc2NCc2ccc(F)cc2Cl)CC1. The van der Waals surface area contributed by atoms with Crippen LogP contribution in [0.3, 0.4) is 0 Å². The van der Waals surface area contributed by atoms with Gasteiger partial charge in [-0.2, -0.15) is 0 Å². The molecule has 128 valence electrons. The quantitative estimate of drug-likeness (QED) is 0.864. The zero-order valence-corrected chi connectivity index (χ0v) is 14.1. The molecule has 1 fully saturated rings. The number of anilines is 2. The van der Waals surface area contributed by atoms with Gasteiger partial charge < -0.3 is 15.3 Å². The van der Waals surface area contributed by atoms with Crippen molar-refractivity contribution in [3.63, 3.8) is 0 Å². The van der Waals surface area contributed by atoms with Crippen LogP contribution in [0.1, 0.15) is 18.4 Å². The van der Waals surface area contributed by atoms with E-state index in [0.717, 1.165) is 43.0 Å². The van der Waals surface area contributed by atoms with Gasteiger partial charge >= 0.3 is 0 Å². The topological polar surface area (TPSA) is 48.4 Å². The van der Waals surface area contributed by atoms with Gasteiger partial charge in [-0.25, -0.2) is 9.37 Å². The third kappa shape index (κ3) is 3.97. The van der Waals surface area contributed by atoms with Gasteiger partial charge in [-0.1, -0.05) is 17.7 Å². The Kier molecular flexibility index (Phi) is 5.53. The van der Waals surface area contributed by atoms with E-state index in [0.29, 0.717) is 17.5 Å². The van der Waals surface area contributed by atoms with Gasteiger partial charge in [0.2, 0.25) is 0 Å². The summed E-state index contributed by atoms with van der Waals surface area (Å²) in [5.74, 6) is 0.962. The highest BCUT2D eigenvalue weighted by atomic mass is 35.5. The predicted octanol–water partition coefficient (Wildman–Crippen LogP) is 3.69. The summed E-state index contributed by atoms with van der Waals surface area (Å²) in [5.41, 5.74) is 1.77. The van der Waals surface area contributed by atoms with E-state index >= 15 is 0 Å². The Hall–Kier alpha value is -1.85. The van der Waals surface area contributed by atoms with Crippen LogP contribution in [0.5, 0.6) is 0 Å². The monoisotopic (exact) mass is 349 g/mol. The van der Waals surface area contributed by atoms with E-state index in [2.05, 4.69) is 15.2 Å². The van der Waals surface area contributed by atoms with E-state index in [1.54, 1.807) is 12.3 Å². The minimum atomic E-state index is -0.336. The highest BCUT2D eigenvalue weighted by Crippen LogP contribution is 2.28. The van der Waals surface area contributed by atoms with Crippen LogP contribution in [0.2, 0.25) is 5.02 Å². The van der Waals surface area contributed by atoms with Crippen molar-refractivity contribution in [2.45, 2.75) is 19.4 Å². The van der Waals surface area contributed by atoms with Crippen molar-refractivity contribution in [1.82, 2.24) is 4.98 Å². The number of aliphatic hydroxyl groups is 1. The Bertz CT molecular complexity index is 690. The molecule has 0 radical (unpaired) electrons. The van der Waals surface area contributed by atoms with Crippen molar-refractivity contribution in [1.29, 1.82) is 0 Å². The number of pyridine rings is 1. The van der Waals surface area contributed by atoms with E-state index in [9.17, 15) is 9.50 Å². The molecule has 0 aliphatic carbocycles. The van der Waals surface area contributed by atoms with Gasteiger partial charge in [0, 0.05) is 37.5 Å². The normalized spacial score (nSPS) is 15.5. The maximum absolute atomic E-state index is 13.1. The number of nitrogens with one attached hydrogen (secondary N) is 1. The maximum atomic E-state index is 13.1. The molecule has 2 aromatic rings. The number of hydrogen-bond donors (Lipinski definition) is 2. The fourth-order valence-electron chi connectivity index (χ4n) is 2.97. The number of piperidine rings is 1. The third-order valence-corrected chi connectivity index (χ3v) is 4.80. The molecular formula is C18H21ClFN3O. The van der Waals surface area contributed by atoms with E-state index in [1.807, 2.05) is 12.1 Å². The number of halogens is 2. The number of benzene rings is 1. The number of rotatable bonds is 5. The van der Waals surface area contributed by atoms with E-state index in [4.69, 9.17) is 11.6 Å². The molecule has 6 heteroatoms. The minimum absolute atomic E-state index is 0.254. The minimum Gasteiger partial charge on any atom is -0.396 e. The molecule has 0 atom stereocenters. The molecule has 1 aliphatic heterocycles. The average molecular weight is 350 g/mol. The Morgan fingerprint density at radius 1 is 1.29 bits per heavy atom. The second-order valence-electron chi connectivity index (χ2n) is 6.08. The van der Waals surface area contributed by atoms with Gasteiger partial charge in [0.05, 0.1) is 5.69 Å². The van der Waals surface area contributed by atoms with Crippen LogP contribution in [0.25, 0.3) is 0 Å². The molecule has 2 heterocycles. The molecule has 0 amide bonds. The lowest BCUT2D eigenvalue weighted by molar-refractivity contribution is 0.203. The summed E-state index contributed by atoms with van der Waals surface area (Å²) in [6.07, 6.45) is 3.72. The van der Waals surface area contributed by atoms with Crippen LogP contribution in [-0.4, -0.2) is 29.8 Å². The molecular weight excluding hydrogens is 329 g/mol. The van der Waals surface area contributed by atoms with E-state index in [1.165, 1.54) is 12.1 Å². The van der Waals surface area contributed by atoms with Crippen molar-refractivity contribution in [2.24, 2.45) is 5.92 Å². The van der Waals surface area contributed by atoms with Crippen molar-refractivity contribution < 1.29 is 9.50 Å². The standard InChI is InChI=1S/C18H21ClFN3O/c19-16-10-15(20)4-3-14(16)11-22-17-2-1-7-21-18(17)23-8-5-13(12-24)6-9-23/h1-4,7,10,13,22,24H,5-6,8-9,11-12H2. The molecule has 1 aromatic carbocycles. The molecule has 24 heavy (non-hydrogen) atoms. The zero-order valence-electron chi connectivity index (χ0n) is 13.4. The smallest absolute Gasteiger partial charge is 0.151 e. The largest absolute Gasteiger partial charge is 0.396 e. The number of nitrogens with zero attached hydrogens (tertiary/aromatic N) is 2. The van der Waals surface area contributed by atoms with Crippen molar-refractivity contribution in [3.05, 3.63) is 52.9 Å². The lowest BCUT2D eigenvalue weighted by atomic mass is 9.98. The van der Waals surface area contributed by atoms with Gasteiger partial charge in [-0.15, -0.1) is 0 Å². The summed E-state index contributed by atoms with van der Waals surface area (Å²) < 4.78 is 13.1. The molecule has 0 unspecified atom stereocenters. The summed E-state index contributed by atoms with van der Waals surface area (Å²) >= 11 is 6.09. The van der Waals surface area contributed by atoms with Crippen LogP contribution in [0, 0.1) is 11.7 Å². The maximum Gasteiger partial charge on any atom is 0.151 e. The van der Waals surface area contributed by atoms with Crippen LogP contribution < -0.4 is 10.2 Å². The first-order valence-corrected chi connectivity index (χ1v) is 8.54. The lowest BCUT2D eigenvalue weighted by Crippen LogP contribution is -2.35.